The largest absolute Gasteiger partial charge is 0.411 e. The zero-order valence-electron chi connectivity index (χ0n) is 9.12. The van der Waals surface area contributed by atoms with Crippen molar-refractivity contribution in [3.05, 3.63) is 0 Å². The molecule has 1 saturated carbocycles. The van der Waals surface area contributed by atoms with Gasteiger partial charge in [-0.3, -0.25) is 0 Å². The Morgan fingerprint density at radius 1 is 1.46 bits per heavy atom. The number of hydrogen-bond acceptors (Lipinski definition) is 2. The molecule has 0 spiro atoms. The van der Waals surface area contributed by atoms with Gasteiger partial charge in [0.05, 0.1) is 33.4 Å². The Hall–Kier alpha value is -0.570. The molecule has 0 radical (unpaired) electrons. The van der Waals surface area contributed by atoms with Crippen LogP contribution >= 0.6 is 0 Å². The topological polar surface area (TPSA) is 32.6 Å². The van der Waals surface area contributed by atoms with E-state index in [-0.39, 0.29) is 0 Å². The highest BCUT2D eigenvalue weighted by Gasteiger charge is 2.31. The highest BCUT2D eigenvalue weighted by molar-refractivity contribution is 5.88. The molecule has 13 heavy (non-hydrogen) atoms. The van der Waals surface area contributed by atoms with Gasteiger partial charge in [0.1, 0.15) is 0 Å². The van der Waals surface area contributed by atoms with Crippen molar-refractivity contribution < 1.29 is 9.69 Å². The molecule has 0 unspecified atom stereocenters. The van der Waals surface area contributed by atoms with Gasteiger partial charge in [0.25, 0.3) is 0 Å². The van der Waals surface area contributed by atoms with Crippen LogP contribution in [0, 0.1) is 11.8 Å². The molecule has 0 aromatic carbocycles. The monoisotopic (exact) mass is 185 g/mol. The summed E-state index contributed by atoms with van der Waals surface area (Å²) < 4.78 is 0.996. The third-order valence-electron chi connectivity index (χ3n) is 2.69. The third kappa shape index (κ3) is 2.99. The van der Waals surface area contributed by atoms with Crippen LogP contribution in [0.5, 0.6) is 0 Å². The molecule has 0 amide bonds. The van der Waals surface area contributed by atoms with Crippen molar-refractivity contribution in [1.82, 2.24) is 0 Å². The minimum Gasteiger partial charge on any atom is -0.411 e. The lowest BCUT2D eigenvalue weighted by Crippen LogP contribution is -2.38. The second kappa shape index (κ2) is 3.66. The van der Waals surface area contributed by atoms with Crippen LogP contribution in [0.15, 0.2) is 5.16 Å². The van der Waals surface area contributed by atoms with Gasteiger partial charge in [0.15, 0.2) is 0 Å². The highest BCUT2D eigenvalue weighted by Crippen LogP contribution is 2.29. The van der Waals surface area contributed by atoms with Crippen LogP contribution in [0.1, 0.15) is 19.8 Å². The fourth-order valence-corrected chi connectivity index (χ4v) is 2.27. The van der Waals surface area contributed by atoms with E-state index in [0.717, 1.165) is 16.6 Å². The van der Waals surface area contributed by atoms with E-state index in [1.54, 1.807) is 0 Å². The zero-order valence-corrected chi connectivity index (χ0v) is 9.12. The van der Waals surface area contributed by atoms with Crippen LogP contribution < -0.4 is 0 Å². The van der Waals surface area contributed by atoms with Gasteiger partial charge in [0, 0.05) is 5.92 Å². The summed E-state index contributed by atoms with van der Waals surface area (Å²) in [6, 6.07) is 0. The van der Waals surface area contributed by atoms with Crippen molar-refractivity contribution in [2.45, 2.75) is 19.8 Å². The molecule has 1 N–H and O–H groups in total. The van der Waals surface area contributed by atoms with E-state index in [1.165, 1.54) is 13.0 Å². The molecule has 0 aromatic heterocycles. The molecule has 1 rings (SSSR count). The van der Waals surface area contributed by atoms with E-state index >= 15 is 0 Å². The molecule has 1 aliphatic rings. The quantitative estimate of drug-likeness (QED) is 0.395. The summed E-state index contributed by atoms with van der Waals surface area (Å²) in [5.74, 6) is 1.17. The van der Waals surface area contributed by atoms with E-state index in [0.29, 0.717) is 11.8 Å². The van der Waals surface area contributed by atoms with Gasteiger partial charge < -0.3 is 9.69 Å². The minimum atomic E-state index is 0.474. The second-order valence-corrected chi connectivity index (χ2v) is 5.27. The van der Waals surface area contributed by atoms with Crippen molar-refractivity contribution >= 4 is 5.71 Å². The van der Waals surface area contributed by atoms with Crippen molar-refractivity contribution in [3.63, 3.8) is 0 Å². The van der Waals surface area contributed by atoms with Crippen LogP contribution in [0.2, 0.25) is 0 Å². The summed E-state index contributed by atoms with van der Waals surface area (Å²) >= 11 is 0. The Balaban J connectivity index is 2.50. The summed E-state index contributed by atoms with van der Waals surface area (Å²) in [4.78, 5) is 0. The van der Waals surface area contributed by atoms with Crippen molar-refractivity contribution in [3.8, 4) is 0 Å². The van der Waals surface area contributed by atoms with Crippen molar-refractivity contribution in [2.75, 3.05) is 27.7 Å². The Kier molecular flexibility index (Phi) is 2.96. The van der Waals surface area contributed by atoms with Gasteiger partial charge in [-0.1, -0.05) is 12.1 Å². The third-order valence-corrected chi connectivity index (χ3v) is 2.69. The maximum absolute atomic E-state index is 8.74. The first-order valence-electron chi connectivity index (χ1n) is 4.93. The average molecular weight is 185 g/mol. The first-order valence-corrected chi connectivity index (χ1v) is 4.93. The van der Waals surface area contributed by atoms with Gasteiger partial charge in [-0.05, 0) is 18.8 Å². The summed E-state index contributed by atoms with van der Waals surface area (Å²) in [5.41, 5.74) is 0.985. The van der Waals surface area contributed by atoms with Crippen LogP contribution in [0.3, 0.4) is 0 Å². The Bertz CT molecular complexity index is 205. The predicted octanol–water partition coefficient (Wildman–Crippen LogP) is 1.57. The molecular formula is C10H21N2O+. The summed E-state index contributed by atoms with van der Waals surface area (Å²) in [7, 11) is 6.62. The summed E-state index contributed by atoms with van der Waals surface area (Å²) in [5, 5.41) is 12.1. The molecule has 0 saturated heterocycles. The maximum atomic E-state index is 8.74. The summed E-state index contributed by atoms with van der Waals surface area (Å²) in [6.07, 6.45) is 2.15. The van der Waals surface area contributed by atoms with Crippen LogP contribution in [-0.4, -0.2) is 43.1 Å². The number of hydrogen-bond donors (Lipinski definition) is 1. The number of rotatable bonds is 2. The fourth-order valence-electron chi connectivity index (χ4n) is 2.27. The molecule has 1 aliphatic carbocycles. The predicted molar refractivity (Wildman–Crippen MR) is 54.0 cm³/mol. The normalized spacial score (nSPS) is 32.8. The van der Waals surface area contributed by atoms with Gasteiger partial charge in [0.2, 0.25) is 0 Å². The first-order chi connectivity index (χ1) is 5.92. The molecule has 0 bridgehead atoms. The zero-order chi connectivity index (χ0) is 10.1. The lowest BCUT2D eigenvalue weighted by atomic mass is 10.1. The Morgan fingerprint density at radius 2 is 2.08 bits per heavy atom. The smallest absolute Gasteiger partial charge is 0.0812 e. The molecular weight excluding hydrogens is 164 g/mol. The molecule has 3 heteroatoms. The second-order valence-electron chi connectivity index (χ2n) is 5.27. The Morgan fingerprint density at radius 3 is 2.46 bits per heavy atom. The SMILES string of the molecule is C[C@@H]1C[C@H](C[N+](C)(C)C)C/C1=N\O. The lowest BCUT2D eigenvalue weighted by molar-refractivity contribution is -0.873. The molecule has 76 valence electrons. The fraction of sp³-hybridized carbons (Fsp3) is 0.900. The van der Waals surface area contributed by atoms with E-state index in [1.807, 2.05) is 0 Å². The van der Waals surface area contributed by atoms with Crippen molar-refractivity contribution in [2.24, 2.45) is 17.0 Å². The van der Waals surface area contributed by atoms with E-state index in [9.17, 15) is 0 Å². The van der Waals surface area contributed by atoms with Crippen LogP contribution in [0.25, 0.3) is 0 Å². The number of quaternary nitrogens is 1. The molecule has 0 aliphatic heterocycles. The Labute approximate surface area is 80.6 Å². The average Bonchev–Trinajstić information content (AvgIpc) is 2.26. The van der Waals surface area contributed by atoms with Gasteiger partial charge >= 0.3 is 0 Å². The summed E-state index contributed by atoms with van der Waals surface area (Å²) in [6.45, 7) is 3.31. The van der Waals surface area contributed by atoms with E-state index in [4.69, 9.17) is 5.21 Å². The molecule has 1 fully saturated rings. The maximum Gasteiger partial charge on any atom is 0.0812 e. The molecule has 2 atom stereocenters. The van der Waals surface area contributed by atoms with Crippen molar-refractivity contribution in [1.29, 1.82) is 0 Å². The van der Waals surface area contributed by atoms with Crippen LogP contribution in [-0.2, 0) is 0 Å². The van der Waals surface area contributed by atoms with Gasteiger partial charge in [-0.15, -0.1) is 0 Å². The van der Waals surface area contributed by atoms with Crippen LogP contribution in [0.4, 0.5) is 0 Å². The lowest BCUT2D eigenvalue weighted by Gasteiger charge is -2.27. The van der Waals surface area contributed by atoms with Gasteiger partial charge in [-0.25, -0.2) is 0 Å². The molecule has 0 aromatic rings. The first kappa shape index (κ1) is 10.5. The highest BCUT2D eigenvalue weighted by atomic mass is 16.4. The molecule has 3 nitrogen and oxygen atoms in total. The van der Waals surface area contributed by atoms with E-state index < -0.39 is 0 Å². The standard InChI is InChI=1S/C10H20N2O/c1-8-5-9(6-10(8)11-13)7-12(2,3)4/h8-9H,5-7H2,1-4H3/p+1/b11-10+/t8-,9+/m1/s1. The molecule has 0 heterocycles. The number of oxime groups is 1. The number of nitrogens with zero attached hydrogens (tertiary/aromatic N) is 2. The minimum absolute atomic E-state index is 0.474. The van der Waals surface area contributed by atoms with Gasteiger partial charge in [-0.2, -0.15) is 0 Å². The van der Waals surface area contributed by atoms with E-state index in [2.05, 4.69) is 33.2 Å².